The van der Waals surface area contributed by atoms with Crippen LogP contribution >= 0.6 is 15.9 Å². The van der Waals surface area contributed by atoms with Crippen molar-refractivity contribution in [2.75, 3.05) is 0 Å². The molecule has 0 aromatic heterocycles. The second-order valence-electron chi connectivity index (χ2n) is 5.98. The number of halogens is 3. The third-order valence-corrected chi connectivity index (χ3v) is 4.71. The highest BCUT2D eigenvalue weighted by Crippen LogP contribution is 2.31. The van der Waals surface area contributed by atoms with E-state index in [0.717, 1.165) is 14.9 Å². The Morgan fingerprint density at radius 3 is 2.31 bits per heavy atom. The summed E-state index contributed by atoms with van der Waals surface area (Å²) < 4.78 is 29.7. The molecule has 1 fully saturated rings. The average molecular weight is 425 g/mol. The van der Waals surface area contributed by atoms with Crippen molar-refractivity contribution in [2.24, 2.45) is 0 Å². The molecule has 2 aromatic carbocycles. The summed E-state index contributed by atoms with van der Waals surface area (Å²) in [4.78, 5) is 26.3. The summed E-state index contributed by atoms with van der Waals surface area (Å²) in [6.07, 6.45) is 0. The van der Waals surface area contributed by atoms with Crippen molar-refractivity contribution in [3.63, 3.8) is 0 Å². The van der Waals surface area contributed by atoms with Gasteiger partial charge in [0.1, 0.15) is 11.3 Å². The maximum absolute atomic E-state index is 12.9. The fraction of sp³-hybridized carbons (Fsp3) is 0.222. The predicted molar refractivity (Wildman–Crippen MR) is 93.6 cm³/mol. The molecule has 3 amide bonds. The number of ether oxygens (including phenoxy) is 1. The molecule has 1 aliphatic heterocycles. The van der Waals surface area contributed by atoms with E-state index in [1.54, 1.807) is 6.92 Å². The van der Waals surface area contributed by atoms with Crippen LogP contribution in [-0.4, -0.2) is 23.4 Å². The van der Waals surface area contributed by atoms with E-state index >= 15 is 0 Å². The van der Waals surface area contributed by atoms with Crippen LogP contribution in [-0.2, 0) is 16.9 Å². The number of carbonyl (C=O) groups is 2. The highest BCUT2D eigenvalue weighted by atomic mass is 79.9. The summed E-state index contributed by atoms with van der Waals surface area (Å²) in [6, 6.07) is 12.4. The minimum absolute atomic E-state index is 0.0177. The summed E-state index contributed by atoms with van der Waals surface area (Å²) in [5, 5.41) is 2.68. The molecule has 3 rings (SSSR count). The molecule has 0 spiro atoms. The Bertz CT molecular complexity index is 827. The third-order valence-electron chi connectivity index (χ3n) is 4.19. The minimum atomic E-state index is -2.93. The van der Waals surface area contributed by atoms with Gasteiger partial charge >= 0.3 is 12.6 Å². The maximum atomic E-state index is 12.9. The molecule has 1 atom stereocenters. The minimum Gasteiger partial charge on any atom is -0.435 e. The van der Waals surface area contributed by atoms with E-state index in [0.29, 0.717) is 5.56 Å². The maximum Gasteiger partial charge on any atom is 0.387 e. The molecule has 1 N–H and O–H groups in total. The highest BCUT2D eigenvalue weighted by molar-refractivity contribution is 9.10. The molecular weight excluding hydrogens is 410 g/mol. The van der Waals surface area contributed by atoms with Crippen molar-refractivity contribution < 1.29 is 23.1 Å². The molecule has 2 aromatic rings. The lowest BCUT2D eigenvalue weighted by Crippen LogP contribution is -2.40. The molecule has 5 nitrogen and oxygen atoms in total. The molecule has 1 heterocycles. The summed E-state index contributed by atoms with van der Waals surface area (Å²) in [5.41, 5.74) is 0.0212. The van der Waals surface area contributed by atoms with Gasteiger partial charge in [0.05, 0.1) is 6.54 Å². The first-order chi connectivity index (χ1) is 12.3. The van der Waals surface area contributed by atoms with Gasteiger partial charge in [0.15, 0.2) is 0 Å². The standard InChI is InChI=1S/C18H15BrF2N2O3/c1-18(12-4-8-14(9-5-12)26-16(20)21)15(24)23(17(25)22-18)10-11-2-6-13(19)7-3-11/h2-9,16H,10H2,1H3,(H,22,25). The van der Waals surface area contributed by atoms with Crippen molar-refractivity contribution in [1.29, 1.82) is 0 Å². The number of nitrogens with one attached hydrogen (secondary N) is 1. The normalized spacial score (nSPS) is 19.8. The highest BCUT2D eigenvalue weighted by Gasteiger charge is 2.48. The van der Waals surface area contributed by atoms with Crippen LogP contribution in [0.5, 0.6) is 5.75 Å². The van der Waals surface area contributed by atoms with Crippen molar-refractivity contribution >= 4 is 27.9 Å². The molecular formula is C18H15BrF2N2O3. The van der Waals surface area contributed by atoms with E-state index in [4.69, 9.17) is 0 Å². The van der Waals surface area contributed by atoms with Crippen LogP contribution in [0.2, 0.25) is 0 Å². The van der Waals surface area contributed by atoms with E-state index in [1.807, 2.05) is 24.3 Å². The van der Waals surface area contributed by atoms with Gasteiger partial charge in [-0.1, -0.05) is 40.2 Å². The quantitative estimate of drug-likeness (QED) is 0.737. The van der Waals surface area contributed by atoms with Crippen LogP contribution in [0, 0.1) is 0 Å². The summed E-state index contributed by atoms with van der Waals surface area (Å²) in [7, 11) is 0. The van der Waals surface area contributed by atoms with Crippen molar-refractivity contribution in [3.05, 3.63) is 64.1 Å². The first kappa shape index (κ1) is 18.3. The zero-order valence-corrected chi connectivity index (χ0v) is 15.3. The van der Waals surface area contributed by atoms with Gasteiger partial charge in [-0.2, -0.15) is 8.78 Å². The Balaban J connectivity index is 1.81. The monoisotopic (exact) mass is 424 g/mol. The van der Waals surface area contributed by atoms with Crippen LogP contribution in [0.3, 0.4) is 0 Å². The molecule has 1 aliphatic rings. The Hall–Kier alpha value is -2.48. The van der Waals surface area contributed by atoms with Gasteiger partial charge in [-0.3, -0.25) is 9.69 Å². The summed E-state index contributed by atoms with van der Waals surface area (Å²) in [5.74, 6) is -0.427. The van der Waals surface area contributed by atoms with Gasteiger partial charge in [-0.15, -0.1) is 0 Å². The predicted octanol–water partition coefficient (Wildman–Crippen LogP) is 4.02. The first-order valence-electron chi connectivity index (χ1n) is 7.73. The van der Waals surface area contributed by atoms with Crippen molar-refractivity contribution in [2.45, 2.75) is 25.6 Å². The number of hydrogen-bond donors (Lipinski definition) is 1. The molecule has 1 unspecified atom stereocenters. The first-order valence-corrected chi connectivity index (χ1v) is 8.53. The van der Waals surface area contributed by atoms with Crippen molar-refractivity contribution in [1.82, 2.24) is 10.2 Å². The smallest absolute Gasteiger partial charge is 0.387 e. The lowest BCUT2D eigenvalue weighted by Gasteiger charge is -2.22. The molecule has 0 radical (unpaired) electrons. The molecule has 136 valence electrons. The van der Waals surface area contributed by atoms with E-state index in [9.17, 15) is 18.4 Å². The second kappa shape index (κ2) is 7.03. The Morgan fingerprint density at radius 1 is 1.12 bits per heavy atom. The van der Waals surface area contributed by atoms with E-state index in [2.05, 4.69) is 26.0 Å². The van der Waals surface area contributed by atoms with Gasteiger partial charge in [0.2, 0.25) is 0 Å². The van der Waals surface area contributed by atoms with E-state index in [-0.39, 0.29) is 12.3 Å². The van der Waals surface area contributed by atoms with Gasteiger partial charge < -0.3 is 10.1 Å². The molecule has 8 heteroatoms. The van der Waals surface area contributed by atoms with Gasteiger partial charge in [-0.05, 0) is 42.3 Å². The number of carbonyl (C=O) groups excluding carboxylic acids is 2. The van der Waals surface area contributed by atoms with E-state index < -0.39 is 24.1 Å². The van der Waals surface area contributed by atoms with Crippen LogP contribution in [0.25, 0.3) is 0 Å². The Morgan fingerprint density at radius 2 is 1.73 bits per heavy atom. The number of alkyl halides is 2. The van der Waals surface area contributed by atoms with Crippen LogP contribution in [0.1, 0.15) is 18.1 Å². The third kappa shape index (κ3) is 3.55. The summed E-state index contributed by atoms with van der Waals surface area (Å²) in [6.45, 7) is -1.21. The van der Waals surface area contributed by atoms with Gasteiger partial charge in [0, 0.05) is 4.47 Å². The Labute approximate surface area is 157 Å². The van der Waals surface area contributed by atoms with Crippen LogP contribution in [0.4, 0.5) is 13.6 Å². The van der Waals surface area contributed by atoms with Gasteiger partial charge in [0.25, 0.3) is 5.91 Å². The zero-order valence-electron chi connectivity index (χ0n) is 13.7. The van der Waals surface area contributed by atoms with Crippen LogP contribution < -0.4 is 10.1 Å². The second-order valence-corrected chi connectivity index (χ2v) is 6.89. The van der Waals surface area contributed by atoms with Gasteiger partial charge in [-0.25, -0.2) is 4.79 Å². The molecule has 1 saturated heterocycles. The number of benzene rings is 2. The number of urea groups is 1. The number of imide groups is 1. The Kier molecular flexibility index (Phi) is 4.95. The number of rotatable bonds is 5. The summed E-state index contributed by atoms with van der Waals surface area (Å²) >= 11 is 3.33. The number of hydrogen-bond acceptors (Lipinski definition) is 3. The largest absolute Gasteiger partial charge is 0.435 e. The fourth-order valence-corrected chi connectivity index (χ4v) is 3.04. The van der Waals surface area contributed by atoms with Crippen LogP contribution in [0.15, 0.2) is 53.0 Å². The SMILES string of the molecule is CC1(c2ccc(OC(F)F)cc2)NC(=O)N(Cc2ccc(Br)cc2)C1=O. The molecule has 26 heavy (non-hydrogen) atoms. The average Bonchev–Trinajstić information content (AvgIpc) is 2.81. The fourth-order valence-electron chi connectivity index (χ4n) is 2.78. The molecule has 0 aliphatic carbocycles. The zero-order chi connectivity index (χ0) is 18.9. The number of amides is 3. The number of nitrogens with zero attached hydrogens (tertiary/aromatic N) is 1. The molecule has 0 saturated carbocycles. The molecule has 0 bridgehead atoms. The lowest BCUT2D eigenvalue weighted by atomic mass is 9.92. The topological polar surface area (TPSA) is 58.6 Å². The lowest BCUT2D eigenvalue weighted by molar-refractivity contribution is -0.131. The van der Waals surface area contributed by atoms with E-state index in [1.165, 1.54) is 24.3 Å². The van der Waals surface area contributed by atoms with Crippen molar-refractivity contribution in [3.8, 4) is 5.75 Å².